The Bertz CT molecular complexity index is 545. The summed E-state index contributed by atoms with van der Waals surface area (Å²) in [6.45, 7) is 2.64. The summed E-state index contributed by atoms with van der Waals surface area (Å²) in [6, 6.07) is 0.0723. The van der Waals surface area contributed by atoms with Crippen molar-refractivity contribution in [3.63, 3.8) is 0 Å². The zero-order chi connectivity index (χ0) is 17.9. The summed E-state index contributed by atoms with van der Waals surface area (Å²) in [5, 5.41) is 0. The molecular weight excluding hydrogens is 340 g/mol. The minimum atomic E-state index is -3.25. The Hall–Kier alpha value is -0.660. The molecule has 0 bridgehead atoms. The molecule has 0 spiro atoms. The van der Waals surface area contributed by atoms with Crippen molar-refractivity contribution in [3.8, 4) is 0 Å². The Labute approximate surface area is 151 Å². The van der Waals surface area contributed by atoms with E-state index in [2.05, 4.69) is 0 Å². The quantitative estimate of drug-likeness (QED) is 0.740. The van der Waals surface area contributed by atoms with Crippen molar-refractivity contribution in [2.45, 2.75) is 69.9 Å². The fraction of sp³-hybridized carbons (Fsp3) is 0.944. The van der Waals surface area contributed by atoms with E-state index in [1.807, 2.05) is 4.90 Å². The van der Waals surface area contributed by atoms with E-state index in [1.54, 1.807) is 4.31 Å². The highest BCUT2D eigenvalue weighted by Crippen LogP contribution is 2.30. The van der Waals surface area contributed by atoms with Crippen LogP contribution in [0.2, 0.25) is 0 Å². The average molecular weight is 373 g/mol. The molecule has 1 amide bonds. The predicted molar refractivity (Wildman–Crippen MR) is 96.7 cm³/mol. The number of hydrogen-bond donors (Lipinski definition) is 0. The lowest BCUT2D eigenvalue weighted by Gasteiger charge is -2.42. The fourth-order valence-electron chi connectivity index (χ4n) is 4.74. The van der Waals surface area contributed by atoms with Crippen LogP contribution in [0, 0.1) is 5.92 Å². The van der Waals surface area contributed by atoms with Crippen LogP contribution in [0.25, 0.3) is 0 Å². The summed E-state index contributed by atoms with van der Waals surface area (Å²) >= 11 is 0. The van der Waals surface area contributed by atoms with E-state index < -0.39 is 10.0 Å². The molecule has 0 radical (unpaired) electrons. The van der Waals surface area contributed by atoms with Crippen LogP contribution < -0.4 is 0 Å². The van der Waals surface area contributed by atoms with Gasteiger partial charge >= 0.3 is 0 Å². The standard InChI is InChI=1S/C18H32N2O4S/c1-25(22,23)20(17-8-12-24-13-9-17)16-6-10-19(11-7-16)18(21)14-15-4-2-3-5-15/h15-17H,2-14H2,1H3. The van der Waals surface area contributed by atoms with Crippen LogP contribution in [0.15, 0.2) is 0 Å². The van der Waals surface area contributed by atoms with Gasteiger partial charge in [0, 0.05) is 44.8 Å². The molecule has 2 aliphatic heterocycles. The monoisotopic (exact) mass is 372 g/mol. The molecule has 3 rings (SSSR count). The van der Waals surface area contributed by atoms with E-state index >= 15 is 0 Å². The maximum absolute atomic E-state index is 12.5. The molecule has 2 saturated heterocycles. The van der Waals surface area contributed by atoms with Gasteiger partial charge in [0.25, 0.3) is 0 Å². The largest absolute Gasteiger partial charge is 0.381 e. The van der Waals surface area contributed by atoms with E-state index in [1.165, 1.54) is 31.9 Å². The summed E-state index contributed by atoms with van der Waals surface area (Å²) in [6.07, 6.45) is 9.94. The second kappa shape index (κ2) is 8.35. The highest BCUT2D eigenvalue weighted by atomic mass is 32.2. The zero-order valence-corrected chi connectivity index (χ0v) is 16.2. The lowest BCUT2D eigenvalue weighted by Crippen LogP contribution is -2.53. The molecule has 3 aliphatic rings. The van der Waals surface area contributed by atoms with Crippen molar-refractivity contribution < 1.29 is 17.9 Å². The van der Waals surface area contributed by atoms with Crippen molar-refractivity contribution in [1.29, 1.82) is 0 Å². The molecule has 3 fully saturated rings. The van der Waals surface area contributed by atoms with E-state index in [0.29, 0.717) is 38.6 Å². The first kappa shape index (κ1) is 19.1. The molecule has 7 heteroatoms. The molecule has 1 saturated carbocycles. The van der Waals surface area contributed by atoms with Gasteiger partial charge in [-0.25, -0.2) is 8.42 Å². The fourth-order valence-corrected chi connectivity index (χ4v) is 6.24. The van der Waals surface area contributed by atoms with Crippen LogP contribution in [0.3, 0.4) is 0 Å². The molecule has 0 aromatic rings. The number of nitrogens with zero attached hydrogens (tertiary/aromatic N) is 2. The van der Waals surface area contributed by atoms with Gasteiger partial charge in [0.05, 0.1) is 6.26 Å². The van der Waals surface area contributed by atoms with Crippen molar-refractivity contribution in [3.05, 3.63) is 0 Å². The van der Waals surface area contributed by atoms with Gasteiger partial charge in [-0.2, -0.15) is 4.31 Å². The highest BCUT2D eigenvalue weighted by Gasteiger charge is 2.37. The number of amides is 1. The van der Waals surface area contributed by atoms with Crippen LogP contribution in [-0.4, -0.2) is 68.2 Å². The third-order valence-corrected chi connectivity index (χ3v) is 7.41. The summed E-state index contributed by atoms with van der Waals surface area (Å²) in [7, 11) is -3.25. The molecule has 0 aromatic carbocycles. The molecule has 0 aromatic heterocycles. The minimum absolute atomic E-state index is 0.0219. The predicted octanol–water partition coefficient (Wildman–Crippen LogP) is 2.00. The molecule has 0 N–H and O–H groups in total. The number of carbonyl (C=O) groups is 1. The summed E-state index contributed by atoms with van der Waals surface area (Å²) in [4.78, 5) is 14.5. The zero-order valence-electron chi connectivity index (χ0n) is 15.4. The van der Waals surface area contributed by atoms with Gasteiger partial charge in [-0.3, -0.25) is 4.79 Å². The molecule has 1 aliphatic carbocycles. The lowest BCUT2D eigenvalue weighted by molar-refractivity contribution is -0.133. The number of hydrogen-bond acceptors (Lipinski definition) is 4. The van der Waals surface area contributed by atoms with E-state index in [9.17, 15) is 13.2 Å². The molecule has 6 nitrogen and oxygen atoms in total. The molecule has 0 unspecified atom stereocenters. The van der Waals surface area contributed by atoms with Crippen LogP contribution in [0.5, 0.6) is 0 Å². The Morgan fingerprint density at radius 3 is 2.12 bits per heavy atom. The first-order valence-electron chi connectivity index (χ1n) is 9.79. The van der Waals surface area contributed by atoms with Crippen LogP contribution in [0.1, 0.15) is 57.8 Å². The Morgan fingerprint density at radius 2 is 1.56 bits per heavy atom. The first-order chi connectivity index (χ1) is 11.9. The van der Waals surface area contributed by atoms with Gasteiger partial charge < -0.3 is 9.64 Å². The van der Waals surface area contributed by atoms with Crippen LogP contribution in [-0.2, 0) is 19.6 Å². The third-order valence-electron chi connectivity index (χ3n) is 6.05. The van der Waals surface area contributed by atoms with E-state index in [4.69, 9.17) is 4.74 Å². The lowest BCUT2D eigenvalue weighted by atomic mass is 9.99. The van der Waals surface area contributed by atoms with Gasteiger partial charge in [-0.05, 0) is 44.4 Å². The van der Waals surface area contributed by atoms with Crippen LogP contribution >= 0.6 is 0 Å². The Balaban J connectivity index is 1.56. The number of likely N-dealkylation sites (tertiary alicyclic amines) is 1. The number of sulfonamides is 1. The second-order valence-electron chi connectivity index (χ2n) is 7.90. The van der Waals surface area contributed by atoms with Crippen LogP contribution in [0.4, 0.5) is 0 Å². The van der Waals surface area contributed by atoms with Crippen molar-refractivity contribution in [2.75, 3.05) is 32.6 Å². The third kappa shape index (κ3) is 4.95. The van der Waals surface area contributed by atoms with Crippen molar-refractivity contribution in [1.82, 2.24) is 9.21 Å². The topological polar surface area (TPSA) is 66.9 Å². The SMILES string of the molecule is CS(=O)(=O)N(C1CCOCC1)C1CCN(C(=O)CC2CCCC2)CC1. The number of ether oxygens (including phenoxy) is 1. The van der Waals surface area contributed by atoms with Crippen molar-refractivity contribution >= 4 is 15.9 Å². The van der Waals surface area contributed by atoms with Gasteiger partial charge in [-0.1, -0.05) is 12.8 Å². The van der Waals surface area contributed by atoms with E-state index in [-0.39, 0.29) is 18.0 Å². The minimum Gasteiger partial charge on any atom is -0.381 e. The molecule has 0 atom stereocenters. The first-order valence-corrected chi connectivity index (χ1v) is 11.6. The van der Waals surface area contributed by atoms with Gasteiger partial charge in [-0.15, -0.1) is 0 Å². The van der Waals surface area contributed by atoms with Gasteiger partial charge in [0.2, 0.25) is 15.9 Å². The van der Waals surface area contributed by atoms with Gasteiger partial charge in [0.1, 0.15) is 0 Å². The number of piperidine rings is 1. The smallest absolute Gasteiger partial charge is 0.222 e. The molecule has 25 heavy (non-hydrogen) atoms. The second-order valence-corrected chi connectivity index (χ2v) is 9.79. The van der Waals surface area contributed by atoms with E-state index in [0.717, 1.165) is 25.7 Å². The average Bonchev–Trinajstić information content (AvgIpc) is 3.08. The normalized spacial score (nSPS) is 25.0. The maximum Gasteiger partial charge on any atom is 0.222 e. The molecule has 144 valence electrons. The summed E-state index contributed by atoms with van der Waals surface area (Å²) in [5.41, 5.74) is 0. The van der Waals surface area contributed by atoms with Gasteiger partial charge in [0.15, 0.2) is 0 Å². The number of carbonyl (C=O) groups excluding carboxylic acids is 1. The number of rotatable bonds is 5. The highest BCUT2D eigenvalue weighted by molar-refractivity contribution is 7.88. The summed E-state index contributed by atoms with van der Waals surface area (Å²) < 4.78 is 31.9. The maximum atomic E-state index is 12.5. The summed E-state index contributed by atoms with van der Waals surface area (Å²) in [5.74, 6) is 0.835. The Kier molecular flexibility index (Phi) is 6.39. The Morgan fingerprint density at radius 1 is 1.00 bits per heavy atom. The molecular formula is C18H32N2O4S. The van der Waals surface area contributed by atoms with Crippen molar-refractivity contribution in [2.24, 2.45) is 5.92 Å². The molecule has 2 heterocycles.